The normalized spacial score (nSPS) is 17.1. The summed E-state index contributed by atoms with van der Waals surface area (Å²) in [6, 6.07) is 0. The Hall–Kier alpha value is -0.250. The van der Waals surface area contributed by atoms with Gasteiger partial charge in [-0.25, -0.2) is 0 Å². The van der Waals surface area contributed by atoms with Gasteiger partial charge in [0.15, 0.2) is 0 Å². The molecule has 116 valence electrons. The molecule has 0 bridgehead atoms. The highest BCUT2D eigenvalue weighted by atomic mass is 32.2. The molecule has 0 rings (SSSR count). The molecule has 0 aliphatic heterocycles. The molecule has 8 heteroatoms. The van der Waals surface area contributed by atoms with Gasteiger partial charge in [0, 0.05) is 13.0 Å². The van der Waals surface area contributed by atoms with E-state index in [9.17, 15) is 8.42 Å². The van der Waals surface area contributed by atoms with Crippen LogP contribution in [-0.4, -0.2) is 69.6 Å². The molecule has 0 aromatic heterocycles. The predicted molar refractivity (Wildman–Crippen MR) is 69.7 cm³/mol. The zero-order valence-electron chi connectivity index (χ0n) is 11.6. The zero-order valence-corrected chi connectivity index (χ0v) is 12.4. The maximum Gasteiger partial charge on any atom is 0.265 e. The van der Waals surface area contributed by atoms with Crippen LogP contribution in [-0.2, 0) is 24.3 Å². The van der Waals surface area contributed by atoms with Crippen molar-refractivity contribution in [2.45, 2.75) is 26.1 Å². The summed E-state index contributed by atoms with van der Waals surface area (Å²) < 4.78 is 46.0. The first-order valence-electron chi connectivity index (χ1n) is 6.06. The van der Waals surface area contributed by atoms with Crippen LogP contribution >= 0.6 is 0 Å². The number of ether oxygens (including phenoxy) is 3. The van der Waals surface area contributed by atoms with Gasteiger partial charge in [0.25, 0.3) is 10.1 Å². The highest BCUT2D eigenvalue weighted by molar-refractivity contribution is 7.85. The van der Waals surface area contributed by atoms with Gasteiger partial charge in [-0.1, -0.05) is 0 Å². The second-order valence-electron chi connectivity index (χ2n) is 4.58. The van der Waals surface area contributed by atoms with E-state index in [-0.39, 0.29) is 25.9 Å². The van der Waals surface area contributed by atoms with Crippen molar-refractivity contribution in [3.05, 3.63) is 0 Å². The van der Waals surface area contributed by atoms with E-state index in [1.54, 1.807) is 14.0 Å². The predicted octanol–water partition coefficient (Wildman–Crippen LogP) is -0.0607. The minimum atomic E-state index is -4.08. The molecule has 0 heterocycles. The number of hydrogen-bond donors (Lipinski definition) is 2. The summed E-state index contributed by atoms with van der Waals surface area (Å²) >= 11 is 0. The van der Waals surface area contributed by atoms with Gasteiger partial charge in [-0.05, 0) is 13.8 Å². The van der Waals surface area contributed by atoms with Gasteiger partial charge < -0.3 is 19.3 Å². The van der Waals surface area contributed by atoms with Gasteiger partial charge >= 0.3 is 0 Å². The number of aliphatic hydroxyl groups excluding tert-OH is 1. The van der Waals surface area contributed by atoms with Crippen molar-refractivity contribution in [3.8, 4) is 0 Å². The van der Waals surface area contributed by atoms with E-state index < -0.39 is 27.9 Å². The Kier molecular flexibility index (Phi) is 9.50. The highest BCUT2D eigenvalue weighted by Crippen LogP contribution is 2.05. The molecule has 0 fully saturated rings. The van der Waals surface area contributed by atoms with Crippen LogP contribution in [0.5, 0.6) is 0 Å². The standard InChI is InChI=1S/C11H24O7S/c1-9(12)4-17-6-11(8-19(13,14)15)7-18-5-10(2)16-3/h9-12H,4-8H2,1-3H3,(H,13,14,15). The quantitative estimate of drug-likeness (QED) is 0.515. The number of rotatable bonds is 11. The van der Waals surface area contributed by atoms with Crippen LogP contribution in [0.1, 0.15) is 13.8 Å². The van der Waals surface area contributed by atoms with Crippen LogP contribution in [0.3, 0.4) is 0 Å². The largest absolute Gasteiger partial charge is 0.391 e. The van der Waals surface area contributed by atoms with Crippen molar-refractivity contribution in [2.24, 2.45) is 5.92 Å². The second kappa shape index (κ2) is 9.62. The lowest BCUT2D eigenvalue weighted by atomic mass is 10.2. The lowest BCUT2D eigenvalue weighted by Crippen LogP contribution is -2.28. The van der Waals surface area contributed by atoms with Gasteiger partial charge in [0.1, 0.15) is 0 Å². The lowest BCUT2D eigenvalue weighted by molar-refractivity contribution is -0.0162. The lowest BCUT2D eigenvalue weighted by Gasteiger charge is -2.18. The van der Waals surface area contributed by atoms with Crippen molar-refractivity contribution >= 4 is 10.1 Å². The molecule has 0 aromatic carbocycles. The van der Waals surface area contributed by atoms with Gasteiger partial charge in [0.05, 0.1) is 44.4 Å². The molecular weight excluding hydrogens is 276 g/mol. The first-order valence-corrected chi connectivity index (χ1v) is 7.67. The SMILES string of the molecule is COC(C)COCC(COCC(C)O)CS(=O)(=O)O. The number of methoxy groups -OCH3 is 1. The van der Waals surface area contributed by atoms with E-state index in [4.69, 9.17) is 23.9 Å². The Labute approximate surface area is 114 Å². The monoisotopic (exact) mass is 300 g/mol. The minimum Gasteiger partial charge on any atom is -0.391 e. The second-order valence-corrected chi connectivity index (χ2v) is 6.08. The van der Waals surface area contributed by atoms with Crippen LogP contribution in [0.25, 0.3) is 0 Å². The molecule has 0 spiro atoms. The summed E-state index contributed by atoms with van der Waals surface area (Å²) in [4.78, 5) is 0. The number of hydrogen-bond acceptors (Lipinski definition) is 6. The summed E-state index contributed by atoms with van der Waals surface area (Å²) in [5.74, 6) is -0.924. The van der Waals surface area contributed by atoms with Gasteiger partial charge in [-0.15, -0.1) is 0 Å². The topological polar surface area (TPSA) is 102 Å². The van der Waals surface area contributed by atoms with Gasteiger partial charge in [0.2, 0.25) is 0 Å². The maximum absolute atomic E-state index is 10.9. The Bertz CT molecular complexity index is 315. The third-order valence-electron chi connectivity index (χ3n) is 2.27. The smallest absolute Gasteiger partial charge is 0.265 e. The van der Waals surface area contributed by atoms with Crippen molar-refractivity contribution in [1.82, 2.24) is 0 Å². The van der Waals surface area contributed by atoms with E-state index in [1.807, 2.05) is 6.92 Å². The van der Waals surface area contributed by atoms with E-state index in [2.05, 4.69) is 0 Å². The molecule has 0 aliphatic rings. The van der Waals surface area contributed by atoms with Crippen LogP contribution in [0.4, 0.5) is 0 Å². The third-order valence-corrected chi connectivity index (χ3v) is 3.16. The summed E-state index contributed by atoms with van der Waals surface area (Å²) in [5.41, 5.74) is 0. The summed E-state index contributed by atoms with van der Waals surface area (Å²) in [5, 5.41) is 9.04. The first-order chi connectivity index (χ1) is 8.74. The molecule has 0 aliphatic carbocycles. The van der Waals surface area contributed by atoms with Crippen molar-refractivity contribution in [2.75, 3.05) is 39.3 Å². The van der Waals surface area contributed by atoms with Gasteiger partial charge in [-0.2, -0.15) is 8.42 Å². The third kappa shape index (κ3) is 12.5. The van der Waals surface area contributed by atoms with Crippen LogP contribution in [0, 0.1) is 5.92 Å². The fourth-order valence-electron chi connectivity index (χ4n) is 1.32. The van der Waals surface area contributed by atoms with E-state index in [0.29, 0.717) is 6.61 Å². The zero-order chi connectivity index (χ0) is 14.9. The molecule has 0 radical (unpaired) electrons. The molecule has 19 heavy (non-hydrogen) atoms. The number of aliphatic hydroxyl groups is 1. The Morgan fingerprint density at radius 2 is 1.58 bits per heavy atom. The Morgan fingerprint density at radius 3 is 2.00 bits per heavy atom. The van der Waals surface area contributed by atoms with E-state index >= 15 is 0 Å². The Morgan fingerprint density at radius 1 is 1.05 bits per heavy atom. The fraction of sp³-hybridized carbons (Fsp3) is 1.00. The molecule has 0 aromatic rings. The van der Waals surface area contributed by atoms with Crippen LogP contribution in [0.2, 0.25) is 0 Å². The summed E-state index contributed by atoms with van der Waals surface area (Å²) in [6.07, 6.45) is -0.717. The van der Waals surface area contributed by atoms with Crippen molar-refractivity contribution in [3.63, 3.8) is 0 Å². The van der Waals surface area contributed by atoms with Crippen LogP contribution in [0.15, 0.2) is 0 Å². The molecule has 3 atom stereocenters. The summed E-state index contributed by atoms with van der Waals surface area (Å²) in [6.45, 7) is 4.04. The first kappa shape index (κ1) is 18.8. The van der Waals surface area contributed by atoms with Crippen LogP contribution < -0.4 is 0 Å². The van der Waals surface area contributed by atoms with Crippen molar-refractivity contribution < 1.29 is 32.3 Å². The van der Waals surface area contributed by atoms with E-state index in [1.165, 1.54) is 0 Å². The minimum absolute atomic E-state index is 0.0893. The fourth-order valence-corrected chi connectivity index (χ4v) is 2.10. The molecule has 0 saturated heterocycles. The summed E-state index contributed by atoms with van der Waals surface area (Å²) in [7, 11) is -2.53. The molecule has 7 nitrogen and oxygen atoms in total. The highest BCUT2D eigenvalue weighted by Gasteiger charge is 2.18. The Balaban J connectivity index is 4.11. The molecule has 2 N–H and O–H groups in total. The average Bonchev–Trinajstić information content (AvgIpc) is 2.25. The molecule has 0 amide bonds. The maximum atomic E-state index is 10.9. The van der Waals surface area contributed by atoms with Crippen molar-refractivity contribution in [1.29, 1.82) is 0 Å². The van der Waals surface area contributed by atoms with E-state index in [0.717, 1.165) is 0 Å². The molecule has 0 saturated carbocycles. The average molecular weight is 300 g/mol. The molecule has 3 unspecified atom stereocenters. The molecular formula is C11H24O7S. The van der Waals surface area contributed by atoms with Gasteiger partial charge in [-0.3, -0.25) is 4.55 Å².